The van der Waals surface area contributed by atoms with Gasteiger partial charge in [-0.2, -0.15) is 0 Å². The normalized spacial score (nSPS) is 14.6. The lowest BCUT2D eigenvalue weighted by Crippen LogP contribution is -2.18. The van der Waals surface area contributed by atoms with Crippen molar-refractivity contribution in [2.75, 3.05) is 14.2 Å². The van der Waals surface area contributed by atoms with E-state index in [1.807, 2.05) is 0 Å². The molecule has 0 amide bonds. The maximum absolute atomic E-state index is 11.3. The third-order valence-corrected chi connectivity index (χ3v) is 2.52. The summed E-state index contributed by atoms with van der Waals surface area (Å²) in [5.41, 5.74) is 0. The maximum atomic E-state index is 11.3. The van der Waals surface area contributed by atoms with Crippen LogP contribution in [0.5, 0.6) is 11.5 Å². The van der Waals surface area contributed by atoms with Gasteiger partial charge in [0.2, 0.25) is 11.6 Å². The number of hydrogen-bond donors (Lipinski definition) is 0. The second-order valence-corrected chi connectivity index (χ2v) is 3.73. The van der Waals surface area contributed by atoms with Gasteiger partial charge in [-0.3, -0.25) is 9.59 Å². The van der Waals surface area contributed by atoms with Gasteiger partial charge in [-0.15, -0.1) is 0 Å². The molecule has 98 valence electrons. The summed E-state index contributed by atoms with van der Waals surface area (Å²) >= 11 is 0. The molecule has 19 heavy (non-hydrogen) atoms. The number of carbonyl (C=O) groups is 2. The Hall–Kier alpha value is -2.56. The molecular weight excluding hydrogens is 248 g/mol. The molecule has 2 rings (SSSR count). The predicted octanol–water partition coefficient (Wildman–Crippen LogP) is 1.64. The lowest BCUT2D eigenvalue weighted by molar-refractivity contribution is -0.131. The lowest BCUT2D eigenvalue weighted by atomic mass is 10.1. The lowest BCUT2D eigenvalue weighted by Gasteiger charge is -2.14. The Balaban J connectivity index is 2.21. The predicted molar refractivity (Wildman–Crippen MR) is 66.8 cm³/mol. The number of allylic oxidation sites excluding steroid dienone is 2. The van der Waals surface area contributed by atoms with Crippen molar-refractivity contribution in [1.29, 1.82) is 0 Å². The minimum Gasteiger partial charge on any atom is -0.497 e. The highest BCUT2D eigenvalue weighted by molar-refractivity contribution is 6.46. The number of carbonyl (C=O) groups excluding carboxylic acids is 2. The summed E-state index contributed by atoms with van der Waals surface area (Å²) in [6.45, 7) is 0. The van der Waals surface area contributed by atoms with Crippen molar-refractivity contribution in [1.82, 2.24) is 0 Å². The van der Waals surface area contributed by atoms with Crippen molar-refractivity contribution in [3.05, 3.63) is 47.9 Å². The maximum Gasteiger partial charge on any atom is 0.229 e. The van der Waals surface area contributed by atoms with Crippen molar-refractivity contribution < 1.29 is 23.8 Å². The van der Waals surface area contributed by atoms with E-state index in [-0.39, 0.29) is 11.5 Å². The zero-order chi connectivity index (χ0) is 13.8. The number of ketones is 2. The number of ether oxygens (including phenoxy) is 3. The van der Waals surface area contributed by atoms with Gasteiger partial charge in [0.25, 0.3) is 0 Å². The number of hydrogen-bond acceptors (Lipinski definition) is 5. The van der Waals surface area contributed by atoms with Gasteiger partial charge in [-0.1, -0.05) is 0 Å². The summed E-state index contributed by atoms with van der Waals surface area (Å²) < 4.78 is 15.6. The van der Waals surface area contributed by atoms with E-state index in [9.17, 15) is 9.59 Å². The molecule has 0 saturated heterocycles. The molecule has 1 aliphatic carbocycles. The second-order valence-electron chi connectivity index (χ2n) is 3.73. The van der Waals surface area contributed by atoms with Gasteiger partial charge in [0, 0.05) is 12.2 Å². The molecule has 0 unspecified atom stereocenters. The Morgan fingerprint density at radius 1 is 0.737 bits per heavy atom. The van der Waals surface area contributed by atoms with Crippen LogP contribution in [0.3, 0.4) is 0 Å². The van der Waals surface area contributed by atoms with Crippen molar-refractivity contribution in [2.45, 2.75) is 0 Å². The van der Waals surface area contributed by atoms with E-state index in [1.165, 1.54) is 7.11 Å². The van der Waals surface area contributed by atoms with Gasteiger partial charge in [-0.25, -0.2) is 0 Å². The standard InChI is InChI=1S/C14H12O5/c1-17-9-3-5-10(6-4-9)19-14-8-12(16)11(15)7-13(14)18-2/h3-8H,1-2H3. The minimum absolute atomic E-state index is 0.206. The molecule has 0 saturated carbocycles. The van der Waals surface area contributed by atoms with Crippen LogP contribution >= 0.6 is 0 Å². The highest BCUT2D eigenvalue weighted by Gasteiger charge is 2.22. The van der Waals surface area contributed by atoms with Crippen LogP contribution in [0.2, 0.25) is 0 Å². The summed E-state index contributed by atoms with van der Waals surface area (Å²) in [6, 6.07) is 6.82. The molecule has 0 atom stereocenters. The van der Waals surface area contributed by atoms with Gasteiger partial charge in [0.05, 0.1) is 14.2 Å². The van der Waals surface area contributed by atoms with Crippen LogP contribution in [-0.2, 0) is 14.3 Å². The van der Waals surface area contributed by atoms with Gasteiger partial charge in [0.1, 0.15) is 11.5 Å². The summed E-state index contributed by atoms with van der Waals surface area (Å²) in [7, 11) is 2.97. The Kier molecular flexibility index (Phi) is 3.66. The van der Waals surface area contributed by atoms with Crippen LogP contribution in [0.25, 0.3) is 0 Å². The van der Waals surface area contributed by atoms with Gasteiger partial charge in [-0.05, 0) is 24.3 Å². The van der Waals surface area contributed by atoms with Gasteiger partial charge >= 0.3 is 0 Å². The fourth-order valence-electron chi connectivity index (χ4n) is 1.53. The molecule has 5 nitrogen and oxygen atoms in total. The topological polar surface area (TPSA) is 61.8 Å². The first-order chi connectivity index (χ1) is 9.13. The molecule has 0 N–H and O–H groups in total. The summed E-state index contributed by atoms with van der Waals surface area (Å²) in [6.07, 6.45) is 2.23. The summed E-state index contributed by atoms with van der Waals surface area (Å²) in [5.74, 6) is 0.372. The first-order valence-electron chi connectivity index (χ1n) is 5.52. The monoisotopic (exact) mass is 260 g/mol. The molecule has 5 heteroatoms. The summed E-state index contributed by atoms with van der Waals surface area (Å²) in [4.78, 5) is 22.6. The van der Waals surface area contributed by atoms with Crippen LogP contribution in [0, 0.1) is 0 Å². The van der Waals surface area contributed by atoms with Crippen molar-refractivity contribution >= 4 is 11.6 Å². The number of methoxy groups -OCH3 is 2. The minimum atomic E-state index is -0.635. The third kappa shape index (κ3) is 2.82. The third-order valence-electron chi connectivity index (χ3n) is 2.52. The molecule has 0 bridgehead atoms. The molecular formula is C14H12O5. The van der Waals surface area contributed by atoms with Crippen LogP contribution in [-0.4, -0.2) is 25.8 Å². The fraction of sp³-hybridized carbons (Fsp3) is 0.143. The van der Waals surface area contributed by atoms with E-state index < -0.39 is 11.6 Å². The molecule has 0 heterocycles. The molecule has 1 aromatic rings. The Morgan fingerprint density at radius 2 is 1.26 bits per heavy atom. The van der Waals surface area contributed by atoms with Crippen LogP contribution < -0.4 is 9.47 Å². The molecule has 0 spiro atoms. The number of benzene rings is 1. The molecule has 0 radical (unpaired) electrons. The quantitative estimate of drug-likeness (QED) is 0.608. The van der Waals surface area contributed by atoms with E-state index in [2.05, 4.69) is 0 Å². The molecule has 1 aliphatic rings. The van der Waals surface area contributed by atoms with Gasteiger partial charge < -0.3 is 14.2 Å². The molecule has 0 aliphatic heterocycles. The fourth-order valence-corrected chi connectivity index (χ4v) is 1.53. The van der Waals surface area contributed by atoms with Crippen molar-refractivity contribution in [3.8, 4) is 11.5 Å². The zero-order valence-corrected chi connectivity index (χ0v) is 10.5. The van der Waals surface area contributed by atoms with E-state index in [0.29, 0.717) is 11.5 Å². The second kappa shape index (κ2) is 5.39. The van der Waals surface area contributed by atoms with Crippen molar-refractivity contribution in [2.24, 2.45) is 0 Å². The van der Waals surface area contributed by atoms with Crippen LogP contribution in [0.15, 0.2) is 47.9 Å². The SMILES string of the molecule is COC1=CC(=O)C(=O)C=C1Oc1ccc(OC)cc1. The van der Waals surface area contributed by atoms with E-state index >= 15 is 0 Å². The van der Waals surface area contributed by atoms with Crippen LogP contribution in [0.1, 0.15) is 0 Å². The Morgan fingerprint density at radius 3 is 1.79 bits per heavy atom. The largest absolute Gasteiger partial charge is 0.497 e. The highest BCUT2D eigenvalue weighted by Crippen LogP contribution is 2.23. The first kappa shape index (κ1) is 12.9. The average Bonchev–Trinajstić information content (AvgIpc) is 2.43. The molecule has 0 fully saturated rings. The first-order valence-corrected chi connectivity index (χ1v) is 5.52. The smallest absolute Gasteiger partial charge is 0.229 e. The average molecular weight is 260 g/mol. The zero-order valence-electron chi connectivity index (χ0n) is 10.5. The Labute approximate surface area is 110 Å². The Bertz CT molecular complexity index is 566. The number of rotatable bonds is 4. The molecule has 1 aromatic carbocycles. The van der Waals surface area contributed by atoms with Crippen molar-refractivity contribution in [3.63, 3.8) is 0 Å². The summed E-state index contributed by atoms with van der Waals surface area (Å²) in [5, 5.41) is 0. The van der Waals surface area contributed by atoms with Gasteiger partial charge in [0.15, 0.2) is 11.5 Å². The van der Waals surface area contributed by atoms with Crippen LogP contribution in [0.4, 0.5) is 0 Å². The van der Waals surface area contributed by atoms with E-state index in [4.69, 9.17) is 14.2 Å². The van der Waals surface area contributed by atoms with E-state index in [1.54, 1.807) is 31.4 Å². The molecule has 0 aromatic heterocycles. The highest BCUT2D eigenvalue weighted by atomic mass is 16.5. The van der Waals surface area contributed by atoms with E-state index in [0.717, 1.165) is 12.2 Å².